The molecule has 1 N–H and O–H groups in total. The Morgan fingerprint density at radius 1 is 1.18 bits per heavy atom. The highest BCUT2D eigenvalue weighted by Crippen LogP contribution is 2.40. The molecule has 0 aliphatic carbocycles. The Kier molecular flexibility index (Phi) is 6.06. The van der Waals surface area contributed by atoms with E-state index in [4.69, 9.17) is 10.00 Å². The quantitative estimate of drug-likeness (QED) is 0.600. The van der Waals surface area contributed by atoms with Gasteiger partial charge in [0.05, 0.1) is 11.7 Å². The lowest BCUT2D eigenvalue weighted by Gasteiger charge is -2.37. The van der Waals surface area contributed by atoms with E-state index in [1.807, 2.05) is 6.07 Å². The zero-order valence-corrected chi connectivity index (χ0v) is 19.5. The average Bonchev–Trinajstić information content (AvgIpc) is 2.78. The van der Waals surface area contributed by atoms with Gasteiger partial charge in [-0.1, -0.05) is 24.3 Å². The van der Waals surface area contributed by atoms with Gasteiger partial charge in [-0.05, 0) is 50.6 Å². The topological polar surface area (TPSA) is 117 Å². The molecule has 2 atom stereocenters. The number of ether oxygens (including phenoxy) is 1. The van der Waals surface area contributed by atoms with E-state index in [-0.39, 0.29) is 11.7 Å². The summed E-state index contributed by atoms with van der Waals surface area (Å²) < 4.78 is 50.2. The number of nitriles is 1. The molecule has 0 saturated heterocycles. The van der Waals surface area contributed by atoms with Crippen LogP contribution in [0.4, 0.5) is 4.39 Å². The second kappa shape index (κ2) is 8.83. The first-order valence-electron chi connectivity index (χ1n) is 10.5. The van der Waals surface area contributed by atoms with Crippen LogP contribution in [0.2, 0.25) is 0 Å². The Morgan fingerprint density at radius 3 is 2.59 bits per heavy atom. The first-order valence-corrected chi connectivity index (χ1v) is 12.0. The molecule has 8 nitrogen and oxygen atoms in total. The van der Waals surface area contributed by atoms with Crippen molar-refractivity contribution < 1.29 is 17.5 Å². The van der Waals surface area contributed by atoms with Crippen molar-refractivity contribution in [3.05, 3.63) is 83.6 Å². The number of nitrogens with one attached hydrogen (secondary N) is 1. The molecule has 0 fully saturated rings. The molecule has 1 unspecified atom stereocenters. The van der Waals surface area contributed by atoms with Crippen molar-refractivity contribution in [2.45, 2.75) is 37.7 Å². The Hall–Kier alpha value is -3.84. The van der Waals surface area contributed by atoms with Crippen molar-refractivity contribution in [1.29, 1.82) is 5.26 Å². The number of nitrogens with zero attached hydrogens (tertiary/aromatic N) is 4. The summed E-state index contributed by atoms with van der Waals surface area (Å²) in [5, 5.41) is 10.8. The fourth-order valence-corrected chi connectivity index (χ4v) is 5.62. The monoisotopic (exact) mass is 479 g/mol. The highest BCUT2D eigenvalue weighted by atomic mass is 32.2. The predicted octanol–water partition coefficient (Wildman–Crippen LogP) is 4.04. The molecule has 1 aliphatic heterocycles. The number of amidine groups is 1. The number of rotatable bonds is 4. The van der Waals surface area contributed by atoms with E-state index >= 15 is 0 Å². The predicted molar refractivity (Wildman–Crippen MR) is 124 cm³/mol. The van der Waals surface area contributed by atoms with E-state index in [1.165, 1.54) is 18.5 Å². The van der Waals surface area contributed by atoms with E-state index in [9.17, 15) is 12.8 Å². The molecule has 0 bridgehead atoms. The maximum Gasteiger partial charge on any atom is 0.301 e. The van der Waals surface area contributed by atoms with Crippen LogP contribution < -0.4 is 5.32 Å². The molecule has 10 heteroatoms. The summed E-state index contributed by atoms with van der Waals surface area (Å²) in [6.07, 6.45) is 2.97. The molecule has 4 rings (SSSR count). The largest absolute Gasteiger partial charge is 0.457 e. The van der Waals surface area contributed by atoms with Gasteiger partial charge in [0.1, 0.15) is 28.4 Å². The van der Waals surface area contributed by atoms with Crippen molar-refractivity contribution in [3.63, 3.8) is 0 Å². The molecule has 1 aliphatic rings. The van der Waals surface area contributed by atoms with Crippen LogP contribution in [-0.4, -0.2) is 30.0 Å². The van der Waals surface area contributed by atoms with Crippen LogP contribution in [0.15, 0.2) is 65.3 Å². The van der Waals surface area contributed by atoms with Gasteiger partial charge in [0.25, 0.3) is 10.0 Å². The summed E-state index contributed by atoms with van der Waals surface area (Å²) in [6.45, 7) is 4.99. The molecule has 3 aromatic rings. The molecule has 0 amide bonds. The number of hydrogen-bond acceptors (Lipinski definition) is 7. The highest BCUT2D eigenvalue weighted by molar-refractivity contribution is 7.90. The maximum atomic E-state index is 14.1. The van der Waals surface area contributed by atoms with Gasteiger partial charge in [-0.3, -0.25) is 4.98 Å². The van der Waals surface area contributed by atoms with Gasteiger partial charge < -0.3 is 10.1 Å². The second-order valence-corrected chi connectivity index (χ2v) is 10.1. The summed E-state index contributed by atoms with van der Waals surface area (Å²) in [4.78, 5) is 8.32. The van der Waals surface area contributed by atoms with Gasteiger partial charge in [-0.2, -0.15) is 5.26 Å². The SMILES string of the molecule is C[C@H](NC1=NS(=O)(=O)C(c2ccc(-c3ccnc(C#N)c3)nc2)C(C)(C)O1)c1ccccc1F. The van der Waals surface area contributed by atoms with Gasteiger partial charge in [0, 0.05) is 23.5 Å². The summed E-state index contributed by atoms with van der Waals surface area (Å²) in [5.74, 6) is -0.416. The molecular weight excluding hydrogens is 457 g/mol. The third-order valence-electron chi connectivity index (χ3n) is 5.47. The Balaban J connectivity index is 1.61. The number of halogens is 1. The average molecular weight is 480 g/mol. The molecule has 2 aromatic heterocycles. The van der Waals surface area contributed by atoms with E-state index < -0.39 is 32.7 Å². The fraction of sp³-hybridized carbons (Fsp3) is 0.250. The lowest BCUT2D eigenvalue weighted by atomic mass is 9.98. The van der Waals surface area contributed by atoms with E-state index in [2.05, 4.69) is 19.7 Å². The second-order valence-electron chi connectivity index (χ2n) is 8.40. The van der Waals surface area contributed by atoms with Crippen LogP contribution in [0.1, 0.15) is 48.9 Å². The zero-order chi connectivity index (χ0) is 24.5. The third kappa shape index (κ3) is 4.61. The van der Waals surface area contributed by atoms with Crippen LogP contribution in [0.5, 0.6) is 0 Å². The smallest absolute Gasteiger partial charge is 0.301 e. The number of pyridine rings is 2. The standard InChI is InChI=1S/C24H22FN5O3S/c1-15(19-6-4-5-7-20(19)25)29-23-30-34(31,32)22(24(2,3)33-23)17-8-9-21(28-14-17)16-10-11-27-18(12-16)13-26/h4-12,14-15,22H,1-3H3,(H,29,30)/t15-,22?/m0/s1. The number of sulfonamides is 1. The lowest BCUT2D eigenvalue weighted by molar-refractivity contribution is 0.0767. The van der Waals surface area contributed by atoms with Crippen molar-refractivity contribution in [1.82, 2.24) is 15.3 Å². The summed E-state index contributed by atoms with van der Waals surface area (Å²) in [5.41, 5.74) is 1.10. The van der Waals surface area contributed by atoms with Gasteiger partial charge >= 0.3 is 6.02 Å². The highest BCUT2D eigenvalue weighted by Gasteiger charge is 2.47. The minimum atomic E-state index is -4.05. The van der Waals surface area contributed by atoms with Crippen molar-refractivity contribution in [2.24, 2.45) is 4.40 Å². The van der Waals surface area contributed by atoms with Crippen LogP contribution in [0, 0.1) is 17.1 Å². The molecule has 0 radical (unpaired) electrons. The molecule has 0 saturated carbocycles. The van der Waals surface area contributed by atoms with Crippen LogP contribution >= 0.6 is 0 Å². The molecule has 3 heterocycles. The van der Waals surface area contributed by atoms with Crippen LogP contribution in [0.25, 0.3) is 11.3 Å². The Morgan fingerprint density at radius 2 is 1.94 bits per heavy atom. The minimum absolute atomic E-state index is 0.192. The lowest BCUT2D eigenvalue weighted by Crippen LogP contribution is -2.47. The fourth-order valence-electron chi connectivity index (χ4n) is 3.95. The van der Waals surface area contributed by atoms with E-state index in [0.29, 0.717) is 22.4 Å². The van der Waals surface area contributed by atoms with Gasteiger partial charge in [-0.25, -0.2) is 17.8 Å². The number of aromatic nitrogens is 2. The van der Waals surface area contributed by atoms with Crippen molar-refractivity contribution in [2.75, 3.05) is 0 Å². The number of hydrogen-bond donors (Lipinski definition) is 1. The summed E-state index contributed by atoms with van der Waals surface area (Å²) in [7, 11) is -4.05. The molecule has 174 valence electrons. The maximum absolute atomic E-state index is 14.1. The normalized spacial score (nSPS) is 19.3. The summed E-state index contributed by atoms with van der Waals surface area (Å²) >= 11 is 0. The van der Waals surface area contributed by atoms with Gasteiger partial charge in [-0.15, -0.1) is 4.40 Å². The Labute approximate surface area is 197 Å². The molecule has 1 aromatic carbocycles. The Bertz CT molecular complexity index is 1400. The molecular formula is C24H22FN5O3S. The summed E-state index contributed by atoms with van der Waals surface area (Å²) in [6, 6.07) is 14.1. The first kappa shape index (κ1) is 23.3. The van der Waals surface area contributed by atoms with Gasteiger partial charge in [0.15, 0.2) is 0 Å². The van der Waals surface area contributed by atoms with Crippen molar-refractivity contribution >= 4 is 16.0 Å². The van der Waals surface area contributed by atoms with Crippen LogP contribution in [0.3, 0.4) is 0 Å². The molecule has 0 spiro atoms. The zero-order valence-electron chi connectivity index (χ0n) is 18.7. The minimum Gasteiger partial charge on any atom is -0.457 e. The van der Waals surface area contributed by atoms with Gasteiger partial charge in [0.2, 0.25) is 0 Å². The molecule has 34 heavy (non-hydrogen) atoms. The van der Waals surface area contributed by atoms with Crippen LogP contribution in [-0.2, 0) is 14.8 Å². The number of benzene rings is 1. The van der Waals surface area contributed by atoms with Crippen molar-refractivity contribution in [3.8, 4) is 17.3 Å². The third-order valence-corrected chi connectivity index (χ3v) is 7.33. The first-order chi connectivity index (χ1) is 16.1. The van der Waals surface area contributed by atoms with E-state index in [0.717, 1.165) is 0 Å². The van der Waals surface area contributed by atoms with E-state index in [1.54, 1.807) is 63.2 Å².